The highest BCUT2D eigenvalue weighted by molar-refractivity contribution is 7.90. The quantitative estimate of drug-likeness (QED) is 0.731. The molecule has 1 unspecified atom stereocenters. The third-order valence-electron chi connectivity index (χ3n) is 2.62. The molecule has 0 aliphatic carbocycles. The van der Waals surface area contributed by atoms with Crippen LogP contribution < -0.4 is 5.32 Å². The molecule has 1 rings (SSSR count). The van der Waals surface area contributed by atoms with Gasteiger partial charge in [-0.3, -0.25) is 9.69 Å². The van der Waals surface area contributed by atoms with Crippen LogP contribution in [0.2, 0.25) is 0 Å². The van der Waals surface area contributed by atoms with Crippen molar-refractivity contribution < 1.29 is 31.9 Å². The van der Waals surface area contributed by atoms with Crippen LogP contribution in [0.4, 0.5) is 13.6 Å². The number of carboxylic acid groups (broad SMARTS) is 1. The van der Waals surface area contributed by atoms with E-state index in [0.717, 1.165) is 6.26 Å². The van der Waals surface area contributed by atoms with Crippen molar-refractivity contribution in [1.29, 1.82) is 0 Å². The van der Waals surface area contributed by atoms with Crippen molar-refractivity contribution in [3.8, 4) is 0 Å². The summed E-state index contributed by atoms with van der Waals surface area (Å²) in [6.45, 7) is -1.51. The molecule has 7 nitrogen and oxygen atoms in total. The molecule has 2 amide bonds. The largest absolute Gasteiger partial charge is 0.465 e. The monoisotopic (exact) mass is 300 g/mol. The second-order valence-electron chi connectivity index (χ2n) is 4.42. The van der Waals surface area contributed by atoms with Crippen molar-refractivity contribution in [3.63, 3.8) is 0 Å². The first-order valence-electron chi connectivity index (χ1n) is 5.34. The molecular formula is C9H14F2N2O5S. The number of carbonyl (C=O) groups excluding carboxylic acids is 1. The highest BCUT2D eigenvalue weighted by atomic mass is 32.2. The Morgan fingerprint density at radius 3 is 2.47 bits per heavy atom. The van der Waals surface area contributed by atoms with Crippen LogP contribution >= 0.6 is 0 Å². The molecule has 110 valence electrons. The Labute approximate surface area is 108 Å². The van der Waals surface area contributed by atoms with Crippen LogP contribution in [0.15, 0.2) is 0 Å². The number of halogens is 2. The molecule has 0 aromatic carbocycles. The summed E-state index contributed by atoms with van der Waals surface area (Å²) in [4.78, 5) is 22.4. The van der Waals surface area contributed by atoms with Crippen LogP contribution in [0.1, 0.15) is 6.42 Å². The number of likely N-dealkylation sites (tertiary alicyclic amines) is 1. The first kappa shape index (κ1) is 15.6. The molecule has 2 N–H and O–H groups in total. The summed E-state index contributed by atoms with van der Waals surface area (Å²) in [6, 6.07) is -1.63. The van der Waals surface area contributed by atoms with Gasteiger partial charge in [0.1, 0.15) is 15.9 Å². The number of sulfone groups is 1. The lowest BCUT2D eigenvalue weighted by Crippen LogP contribution is -2.47. The summed E-state index contributed by atoms with van der Waals surface area (Å²) < 4.78 is 48.5. The van der Waals surface area contributed by atoms with Crippen molar-refractivity contribution in [2.24, 2.45) is 0 Å². The standard InChI is InChI=1S/C9H14F2N2O5S/c1-19(17,18)3-2-7(14)12-6-4-13(8(15)16)5-9(6,10)11/h6H,2-5H2,1H3,(H,12,14)(H,15,16). The summed E-state index contributed by atoms with van der Waals surface area (Å²) in [7, 11) is -3.36. The minimum atomic E-state index is -3.36. The molecule has 0 spiro atoms. The van der Waals surface area contributed by atoms with Crippen molar-refractivity contribution in [1.82, 2.24) is 10.2 Å². The molecule has 0 saturated carbocycles. The molecule has 1 aliphatic heterocycles. The Morgan fingerprint density at radius 1 is 1.47 bits per heavy atom. The molecule has 1 heterocycles. The van der Waals surface area contributed by atoms with E-state index in [1.807, 2.05) is 5.32 Å². The third kappa shape index (κ3) is 4.62. The van der Waals surface area contributed by atoms with Gasteiger partial charge in [0.25, 0.3) is 5.92 Å². The molecule has 1 aliphatic rings. The second-order valence-corrected chi connectivity index (χ2v) is 6.68. The van der Waals surface area contributed by atoms with Crippen molar-refractivity contribution in [2.75, 3.05) is 25.1 Å². The SMILES string of the molecule is CS(=O)(=O)CCC(=O)NC1CN(C(=O)O)CC1(F)F. The predicted molar refractivity (Wildman–Crippen MR) is 60.8 cm³/mol. The first-order valence-corrected chi connectivity index (χ1v) is 7.40. The first-order chi connectivity index (χ1) is 8.51. The van der Waals surface area contributed by atoms with Gasteiger partial charge in [-0.1, -0.05) is 0 Å². The molecule has 1 saturated heterocycles. The number of hydrogen-bond acceptors (Lipinski definition) is 4. The van der Waals surface area contributed by atoms with Gasteiger partial charge in [-0.05, 0) is 0 Å². The zero-order valence-electron chi connectivity index (χ0n) is 10.1. The zero-order chi connectivity index (χ0) is 14.8. The average molecular weight is 300 g/mol. The van der Waals surface area contributed by atoms with E-state index in [4.69, 9.17) is 5.11 Å². The minimum Gasteiger partial charge on any atom is -0.465 e. The van der Waals surface area contributed by atoms with E-state index in [0.29, 0.717) is 4.90 Å². The smallest absolute Gasteiger partial charge is 0.407 e. The lowest BCUT2D eigenvalue weighted by Gasteiger charge is -2.18. The highest BCUT2D eigenvalue weighted by Gasteiger charge is 2.50. The molecule has 0 aromatic rings. The predicted octanol–water partition coefficient (Wildman–Crippen LogP) is -0.465. The van der Waals surface area contributed by atoms with Crippen molar-refractivity contribution in [2.45, 2.75) is 18.4 Å². The molecule has 10 heteroatoms. The van der Waals surface area contributed by atoms with Gasteiger partial charge in [-0.25, -0.2) is 22.0 Å². The number of nitrogens with one attached hydrogen (secondary N) is 1. The number of nitrogens with zero attached hydrogens (tertiary/aromatic N) is 1. The number of hydrogen-bond donors (Lipinski definition) is 2. The molecule has 1 fully saturated rings. The number of alkyl halides is 2. The van der Waals surface area contributed by atoms with Gasteiger partial charge < -0.3 is 10.4 Å². The molecule has 1 atom stereocenters. The van der Waals surface area contributed by atoms with Gasteiger partial charge in [0.05, 0.1) is 18.8 Å². The van der Waals surface area contributed by atoms with Crippen molar-refractivity contribution >= 4 is 21.8 Å². The van der Waals surface area contributed by atoms with E-state index < -0.39 is 59.1 Å². The maximum absolute atomic E-state index is 13.4. The summed E-state index contributed by atoms with van der Waals surface area (Å²) >= 11 is 0. The van der Waals surface area contributed by atoms with Crippen LogP contribution in [-0.2, 0) is 14.6 Å². The number of carbonyl (C=O) groups is 2. The minimum absolute atomic E-state index is 0.432. The second kappa shape index (κ2) is 5.27. The topological polar surface area (TPSA) is 104 Å². The van der Waals surface area contributed by atoms with Crippen LogP contribution in [0.25, 0.3) is 0 Å². The maximum Gasteiger partial charge on any atom is 0.407 e. The van der Waals surface area contributed by atoms with Gasteiger partial charge in [0.2, 0.25) is 5.91 Å². The Hall–Kier alpha value is -1.45. The van der Waals surface area contributed by atoms with Gasteiger partial charge in [0.15, 0.2) is 0 Å². The van der Waals surface area contributed by atoms with Gasteiger partial charge >= 0.3 is 6.09 Å². The Morgan fingerprint density at radius 2 is 2.05 bits per heavy atom. The van der Waals surface area contributed by atoms with Crippen LogP contribution in [-0.4, -0.2) is 67.5 Å². The zero-order valence-corrected chi connectivity index (χ0v) is 10.9. The molecule has 0 bridgehead atoms. The lowest BCUT2D eigenvalue weighted by atomic mass is 10.2. The lowest BCUT2D eigenvalue weighted by molar-refractivity contribution is -0.123. The molecule has 0 aromatic heterocycles. The highest BCUT2D eigenvalue weighted by Crippen LogP contribution is 2.27. The summed E-state index contributed by atoms with van der Waals surface area (Å²) in [6.07, 6.45) is -0.998. The Bertz CT molecular complexity index is 479. The van der Waals surface area contributed by atoms with E-state index >= 15 is 0 Å². The number of amides is 2. The fraction of sp³-hybridized carbons (Fsp3) is 0.778. The van der Waals surface area contributed by atoms with E-state index in [9.17, 15) is 26.8 Å². The van der Waals surface area contributed by atoms with Gasteiger partial charge in [0, 0.05) is 12.7 Å². The van der Waals surface area contributed by atoms with Gasteiger partial charge in [-0.15, -0.1) is 0 Å². The van der Waals surface area contributed by atoms with E-state index in [1.165, 1.54) is 0 Å². The molecular weight excluding hydrogens is 286 g/mol. The van der Waals surface area contributed by atoms with Crippen LogP contribution in [0, 0.1) is 0 Å². The van der Waals surface area contributed by atoms with E-state index in [2.05, 4.69) is 0 Å². The van der Waals surface area contributed by atoms with Crippen LogP contribution in [0.5, 0.6) is 0 Å². The summed E-state index contributed by atoms with van der Waals surface area (Å²) in [5, 5.41) is 10.6. The Balaban J connectivity index is 2.57. The average Bonchev–Trinajstić information content (AvgIpc) is 2.51. The van der Waals surface area contributed by atoms with Crippen LogP contribution in [0.3, 0.4) is 0 Å². The van der Waals surface area contributed by atoms with Crippen molar-refractivity contribution in [3.05, 3.63) is 0 Å². The molecule has 0 radical (unpaired) electrons. The van der Waals surface area contributed by atoms with E-state index in [1.54, 1.807) is 0 Å². The van der Waals surface area contributed by atoms with E-state index in [-0.39, 0.29) is 0 Å². The van der Waals surface area contributed by atoms with Gasteiger partial charge in [-0.2, -0.15) is 0 Å². The Kier molecular flexibility index (Phi) is 4.33. The summed E-state index contributed by atoms with van der Waals surface area (Å²) in [5.41, 5.74) is 0. The fourth-order valence-electron chi connectivity index (χ4n) is 1.62. The number of rotatable bonds is 4. The third-order valence-corrected chi connectivity index (χ3v) is 3.57. The normalized spacial score (nSPS) is 22.3. The fourth-order valence-corrected chi connectivity index (χ4v) is 2.18. The summed E-state index contributed by atoms with van der Waals surface area (Å²) in [5.74, 6) is -4.65. The molecule has 19 heavy (non-hydrogen) atoms. The maximum atomic E-state index is 13.4.